The van der Waals surface area contributed by atoms with Crippen molar-refractivity contribution in [2.75, 3.05) is 18.0 Å². The van der Waals surface area contributed by atoms with Crippen molar-refractivity contribution in [3.05, 3.63) is 34.1 Å². The van der Waals surface area contributed by atoms with Gasteiger partial charge in [-0.3, -0.25) is 10.1 Å². The number of nitrogens with zero attached hydrogens (tertiary/aromatic N) is 2. The topological polar surface area (TPSA) is 58.4 Å². The maximum atomic E-state index is 13.7. The number of non-ortho nitro benzene ring substituents is 1. The average Bonchev–Trinajstić information content (AvgIpc) is 3.00. The van der Waals surface area contributed by atoms with E-state index in [-0.39, 0.29) is 5.69 Å². The third-order valence-corrected chi connectivity index (χ3v) is 4.52. The smallest absolute Gasteiger partial charge is 0.274 e. The number of hydrogen-bond donors (Lipinski definition) is 1. The SMILES string of the molecule is O=[N+]([O-])c1cc(F)cc(N2CCCCC2C2CCCN2)c1. The van der Waals surface area contributed by atoms with Gasteiger partial charge in [-0.05, 0) is 44.7 Å². The number of rotatable bonds is 3. The van der Waals surface area contributed by atoms with Crippen LogP contribution in [0.2, 0.25) is 0 Å². The molecule has 2 atom stereocenters. The summed E-state index contributed by atoms with van der Waals surface area (Å²) in [7, 11) is 0. The maximum Gasteiger partial charge on any atom is 0.274 e. The van der Waals surface area contributed by atoms with E-state index < -0.39 is 10.7 Å². The summed E-state index contributed by atoms with van der Waals surface area (Å²) in [4.78, 5) is 12.6. The molecule has 0 spiro atoms. The van der Waals surface area contributed by atoms with Crippen molar-refractivity contribution < 1.29 is 9.31 Å². The summed E-state index contributed by atoms with van der Waals surface area (Å²) < 4.78 is 13.7. The second kappa shape index (κ2) is 5.97. The highest BCUT2D eigenvalue weighted by molar-refractivity contribution is 5.55. The fourth-order valence-electron chi connectivity index (χ4n) is 3.57. The van der Waals surface area contributed by atoms with Gasteiger partial charge in [-0.25, -0.2) is 4.39 Å². The minimum atomic E-state index is -0.539. The summed E-state index contributed by atoms with van der Waals surface area (Å²) >= 11 is 0. The molecular weight excluding hydrogens is 273 g/mol. The average molecular weight is 293 g/mol. The maximum absolute atomic E-state index is 13.7. The molecular formula is C15H20FN3O2. The Labute approximate surface area is 123 Å². The van der Waals surface area contributed by atoms with E-state index in [4.69, 9.17) is 0 Å². The minimum Gasteiger partial charge on any atom is -0.367 e. The summed E-state index contributed by atoms with van der Waals surface area (Å²) in [5.41, 5.74) is 0.466. The lowest BCUT2D eigenvalue weighted by molar-refractivity contribution is -0.385. The van der Waals surface area contributed by atoms with Gasteiger partial charge in [0.15, 0.2) is 0 Å². The monoisotopic (exact) mass is 293 g/mol. The zero-order chi connectivity index (χ0) is 14.8. The number of halogens is 1. The lowest BCUT2D eigenvalue weighted by Gasteiger charge is -2.41. The summed E-state index contributed by atoms with van der Waals surface area (Å²) in [6.07, 6.45) is 5.56. The van der Waals surface area contributed by atoms with E-state index in [1.165, 1.54) is 12.1 Å². The Kier molecular flexibility index (Phi) is 4.05. The molecule has 2 aliphatic heterocycles. The van der Waals surface area contributed by atoms with Gasteiger partial charge in [0.25, 0.3) is 5.69 Å². The van der Waals surface area contributed by atoms with Gasteiger partial charge < -0.3 is 10.2 Å². The molecule has 0 aromatic heterocycles. The van der Waals surface area contributed by atoms with Crippen LogP contribution in [0.5, 0.6) is 0 Å². The number of nitro benzene ring substituents is 1. The number of nitrogens with one attached hydrogen (secondary N) is 1. The Balaban J connectivity index is 1.90. The summed E-state index contributed by atoms with van der Waals surface area (Å²) in [5.74, 6) is -0.539. The van der Waals surface area contributed by atoms with E-state index in [2.05, 4.69) is 10.2 Å². The van der Waals surface area contributed by atoms with Crippen LogP contribution in [-0.4, -0.2) is 30.1 Å². The predicted octanol–water partition coefficient (Wildman–Crippen LogP) is 2.84. The van der Waals surface area contributed by atoms with E-state index in [1.807, 2.05) is 0 Å². The second-order valence-corrected chi connectivity index (χ2v) is 5.88. The van der Waals surface area contributed by atoms with E-state index in [9.17, 15) is 14.5 Å². The highest BCUT2D eigenvalue weighted by Gasteiger charge is 2.32. The Bertz CT molecular complexity index is 532. The molecule has 2 heterocycles. The molecule has 2 fully saturated rings. The number of nitro groups is 1. The van der Waals surface area contributed by atoms with E-state index in [0.29, 0.717) is 17.8 Å². The first kappa shape index (κ1) is 14.3. The molecule has 0 amide bonds. The van der Waals surface area contributed by atoms with E-state index in [0.717, 1.165) is 51.3 Å². The predicted molar refractivity (Wildman–Crippen MR) is 79.1 cm³/mol. The molecule has 3 rings (SSSR count). The number of benzene rings is 1. The highest BCUT2D eigenvalue weighted by atomic mass is 19.1. The fraction of sp³-hybridized carbons (Fsp3) is 0.600. The third-order valence-electron chi connectivity index (χ3n) is 4.52. The van der Waals surface area contributed by atoms with Gasteiger partial charge in [0, 0.05) is 30.4 Å². The summed E-state index contributed by atoms with van der Waals surface area (Å²) in [6, 6.07) is 4.61. The quantitative estimate of drug-likeness (QED) is 0.687. The summed E-state index contributed by atoms with van der Waals surface area (Å²) in [5, 5.41) is 14.4. The molecule has 1 aromatic carbocycles. The zero-order valence-corrected chi connectivity index (χ0v) is 11.9. The largest absolute Gasteiger partial charge is 0.367 e. The Morgan fingerprint density at radius 1 is 1.24 bits per heavy atom. The second-order valence-electron chi connectivity index (χ2n) is 5.88. The van der Waals surface area contributed by atoms with Crippen LogP contribution in [0.3, 0.4) is 0 Å². The van der Waals surface area contributed by atoms with Gasteiger partial charge in [0.1, 0.15) is 5.82 Å². The molecule has 6 heteroatoms. The molecule has 5 nitrogen and oxygen atoms in total. The molecule has 2 saturated heterocycles. The normalized spacial score (nSPS) is 26.0. The van der Waals surface area contributed by atoms with Crippen LogP contribution in [-0.2, 0) is 0 Å². The molecule has 0 saturated carbocycles. The molecule has 0 bridgehead atoms. The Hall–Kier alpha value is -1.69. The zero-order valence-electron chi connectivity index (χ0n) is 11.9. The van der Waals surface area contributed by atoms with Gasteiger partial charge in [0.2, 0.25) is 0 Å². The molecule has 1 N–H and O–H groups in total. The summed E-state index contributed by atoms with van der Waals surface area (Å²) in [6.45, 7) is 1.86. The van der Waals surface area contributed by atoms with E-state index in [1.54, 1.807) is 0 Å². The molecule has 2 aliphatic rings. The van der Waals surface area contributed by atoms with Gasteiger partial charge in [-0.15, -0.1) is 0 Å². The molecule has 0 radical (unpaired) electrons. The van der Waals surface area contributed by atoms with Gasteiger partial charge in [-0.2, -0.15) is 0 Å². The molecule has 21 heavy (non-hydrogen) atoms. The first-order chi connectivity index (χ1) is 10.1. The van der Waals surface area contributed by atoms with Gasteiger partial charge in [-0.1, -0.05) is 0 Å². The van der Waals surface area contributed by atoms with Crippen molar-refractivity contribution in [3.63, 3.8) is 0 Å². The van der Waals surface area contributed by atoms with Crippen LogP contribution >= 0.6 is 0 Å². The standard InChI is InChI=1S/C15H20FN3O2/c16-11-8-12(10-13(9-11)19(20)21)18-7-2-1-5-15(18)14-4-3-6-17-14/h8-10,14-15,17H,1-7H2. The van der Waals surface area contributed by atoms with Crippen molar-refractivity contribution in [1.29, 1.82) is 0 Å². The molecule has 1 aromatic rings. The van der Waals surface area contributed by atoms with Crippen LogP contribution in [0.15, 0.2) is 18.2 Å². The van der Waals surface area contributed by atoms with Crippen LogP contribution in [0, 0.1) is 15.9 Å². The number of piperidine rings is 1. The van der Waals surface area contributed by atoms with E-state index >= 15 is 0 Å². The van der Waals surface area contributed by atoms with Crippen molar-refractivity contribution in [2.24, 2.45) is 0 Å². The molecule has 0 aliphatic carbocycles. The minimum absolute atomic E-state index is 0.172. The molecule has 114 valence electrons. The van der Waals surface area contributed by atoms with Crippen molar-refractivity contribution in [2.45, 2.75) is 44.2 Å². The van der Waals surface area contributed by atoms with Crippen molar-refractivity contribution in [1.82, 2.24) is 5.32 Å². The molecule has 2 unspecified atom stereocenters. The lowest BCUT2D eigenvalue weighted by atomic mass is 9.94. The van der Waals surface area contributed by atoms with Crippen LogP contribution in [0.25, 0.3) is 0 Å². The highest BCUT2D eigenvalue weighted by Crippen LogP contribution is 2.31. The Morgan fingerprint density at radius 2 is 2.10 bits per heavy atom. The van der Waals surface area contributed by atoms with Crippen molar-refractivity contribution in [3.8, 4) is 0 Å². The number of anilines is 1. The third kappa shape index (κ3) is 3.00. The lowest BCUT2D eigenvalue weighted by Crippen LogP contribution is -2.50. The first-order valence-corrected chi connectivity index (χ1v) is 7.60. The van der Waals surface area contributed by atoms with Gasteiger partial charge >= 0.3 is 0 Å². The van der Waals surface area contributed by atoms with Crippen LogP contribution < -0.4 is 10.2 Å². The number of hydrogen-bond acceptors (Lipinski definition) is 4. The first-order valence-electron chi connectivity index (χ1n) is 7.60. The van der Waals surface area contributed by atoms with Crippen molar-refractivity contribution >= 4 is 11.4 Å². The van der Waals surface area contributed by atoms with Gasteiger partial charge in [0.05, 0.1) is 11.0 Å². The fourth-order valence-corrected chi connectivity index (χ4v) is 3.57. The Morgan fingerprint density at radius 3 is 2.81 bits per heavy atom. The van der Waals surface area contributed by atoms with Crippen LogP contribution in [0.4, 0.5) is 15.8 Å². The van der Waals surface area contributed by atoms with Crippen LogP contribution in [0.1, 0.15) is 32.1 Å².